The van der Waals surface area contributed by atoms with Crippen LogP contribution < -0.4 is 15.4 Å². The lowest BCUT2D eigenvalue weighted by atomic mass is 10.0. The summed E-state index contributed by atoms with van der Waals surface area (Å²) in [5, 5.41) is 0. The average molecular weight is 278 g/mol. The molecule has 20 heavy (non-hydrogen) atoms. The van der Waals surface area contributed by atoms with Crippen molar-refractivity contribution in [3.63, 3.8) is 0 Å². The third kappa shape index (κ3) is 2.41. The number of methoxy groups -OCH3 is 1. The number of fused-ring (bicyclic) bond motifs is 1. The maximum Gasteiger partial charge on any atom is 0.325 e. The number of nitrogens with zero attached hydrogens (tertiary/aromatic N) is 1. The Labute approximate surface area is 117 Å². The summed E-state index contributed by atoms with van der Waals surface area (Å²) in [7, 11) is 1.28. The van der Waals surface area contributed by atoms with Crippen molar-refractivity contribution < 1.29 is 19.1 Å². The van der Waals surface area contributed by atoms with Gasteiger partial charge in [0.1, 0.15) is 18.0 Å². The molecule has 0 radical (unpaired) electrons. The quantitative estimate of drug-likeness (QED) is 0.663. The largest absolute Gasteiger partial charge is 0.478 e. The first-order chi connectivity index (χ1) is 9.45. The second kappa shape index (κ2) is 5.40. The van der Waals surface area contributed by atoms with Gasteiger partial charge in [0.15, 0.2) is 6.10 Å². The number of carbonyl (C=O) groups is 2. The molecule has 2 N–H and O–H groups in total. The van der Waals surface area contributed by atoms with Crippen LogP contribution in [0.2, 0.25) is 0 Å². The number of carbonyl (C=O) groups excluding carboxylic acids is 2. The number of anilines is 2. The lowest BCUT2D eigenvalue weighted by Crippen LogP contribution is -2.50. The average Bonchev–Trinajstić information content (AvgIpc) is 2.41. The molecule has 6 heteroatoms. The predicted molar refractivity (Wildman–Crippen MR) is 74.5 cm³/mol. The molecule has 1 amide bonds. The Kier molecular flexibility index (Phi) is 3.83. The van der Waals surface area contributed by atoms with Crippen molar-refractivity contribution in [1.29, 1.82) is 0 Å². The van der Waals surface area contributed by atoms with Crippen molar-refractivity contribution in [1.82, 2.24) is 0 Å². The highest BCUT2D eigenvalue weighted by atomic mass is 16.5. The van der Waals surface area contributed by atoms with Gasteiger partial charge in [0.25, 0.3) is 5.91 Å². The molecule has 0 fully saturated rings. The van der Waals surface area contributed by atoms with Gasteiger partial charge < -0.3 is 15.2 Å². The molecule has 0 saturated carbocycles. The molecule has 1 atom stereocenters. The van der Waals surface area contributed by atoms with Gasteiger partial charge in [-0.05, 0) is 18.1 Å². The molecule has 1 unspecified atom stereocenters. The first-order valence-electron chi connectivity index (χ1n) is 6.39. The zero-order chi connectivity index (χ0) is 14.9. The molecule has 0 saturated heterocycles. The molecule has 1 aliphatic rings. The lowest BCUT2D eigenvalue weighted by Gasteiger charge is -2.36. The molecule has 1 aromatic rings. The van der Waals surface area contributed by atoms with E-state index in [1.54, 1.807) is 18.2 Å². The van der Waals surface area contributed by atoms with E-state index in [2.05, 4.69) is 4.74 Å². The molecule has 0 aromatic heterocycles. The molecule has 0 spiro atoms. The normalized spacial score (nSPS) is 17.7. The number of hydrogen-bond acceptors (Lipinski definition) is 5. The highest BCUT2D eigenvalue weighted by molar-refractivity contribution is 6.05. The van der Waals surface area contributed by atoms with Crippen molar-refractivity contribution in [3.05, 3.63) is 18.2 Å². The summed E-state index contributed by atoms with van der Waals surface area (Å²) in [5.74, 6) is -0.294. The van der Waals surface area contributed by atoms with E-state index in [1.807, 2.05) is 13.8 Å². The zero-order valence-electron chi connectivity index (χ0n) is 11.8. The van der Waals surface area contributed by atoms with Gasteiger partial charge in [-0.25, -0.2) is 0 Å². The number of rotatable bonds is 3. The zero-order valence-corrected chi connectivity index (χ0v) is 11.8. The number of nitrogens with two attached hydrogens (primary N) is 1. The van der Waals surface area contributed by atoms with Gasteiger partial charge in [0.2, 0.25) is 0 Å². The van der Waals surface area contributed by atoms with Crippen LogP contribution in [0.3, 0.4) is 0 Å². The van der Waals surface area contributed by atoms with E-state index in [0.717, 1.165) is 0 Å². The molecule has 108 valence electrons. The van der Waals surface area contributed by atoms with E-state index in [-0.39, 0.29) is 18.4 Å². The summed E-state index contributed by atoms with van der Waals surface area (Å²) >= 11 is 0. The minimum Gasteiger partial charge on any atom is -0.478 e. The maximum atomic E-state index is 12.5. The Morgan fingerprint density at radius 2 is 2.20 bits per heavy atom. The van der Waals surface area contributed by atoms with Crippen LogP contribution in [0.5, 0.6) is 5.75 Å². The topological polar surface area (TPSA) is 81.9 Å². The van der Waals surface area contributed by atoms with Gasteiger partial charge in [-0.1, -0.05) is 19.9 Å². The summed E-state index contributed by atoms with van der Waals surface area (Å²) in [6.45, 7) is 3.59. The fourth-order valence-electron chi connectivity index (χ4n) is 2.15. The number of para-hydroxylation sites is 1. The summed E-state index contributed by atoms with van der Waals surface area (Å²) in [5.41, 5.74) is 6.73. The lowest BCUT2D eigenvalue weighted by molar-refractivity contribution is -0.141. The molecular formula is C14H18N2O4. The van der Waals surface area contributed by atoms with Gasteiger partial charge in [0, 0.05) is 0 Å². The number of nitrogen functional groups attached to an aromatic ring is 1. The SMILES string of the molecule is COC(=O)CN1C(=O)C(C(C)C)Oc2cccc(N)c21. The minimum absolute atomic E-state index is 0.0165. The Bertz CT molecular complexity index is 542. The van der Waals surface area contributed by atoms with Gasteiger partial charge in [-0.15, -0.1) is 0 Å². The van der Waals surface area contributed by atoms with Gasteiger partial charge in [-0.2, -0.15) is 0 Å². The second-order valence-electron chi connectivity index (χ2n) is 4.98. The van der Waals surface area contributed by atoms with E-state index in [9.17, 15) is 9.59 Å². The second-order valence-corrected chi connectivity index (χ2v) is 4.98. The molecular weight excluding hydrogens is 260 g/mol. The number of amides is 1. The van der Waals surface area contributed by atoms with Crippen molar-refractivity contribution in [2.24, 2.45) is 5.92 Å². The van der Waals surface area contributed by atoms with Gasteiger partial charge >= 0.3 is 5.97 Å². The van der Waals surface area contributed by atoms with E-state index < -0.39 is 12.1 Å². The molecule has 0 bridgehead atoms. The van der Waals surface area contributed by atoms with E-state index in [0.29, 0.717) is 17.1 Å². The van der Waals surface area contributed by atoms with Crippen LogP contribution in [0, 0.1) is 5.92 Å². The third-order valence-corrected chi connectivity index (χ3v) is 3.18. The highest BCUT2D eigenvalue weighted by Gasteiger charge is 2.38. The van der Waals surface area contributed by atoms with Crippen LogP contribution >= 0.6 is 0 Å². The first-order valence-corrected chi connectivity index (χ1v) is 6.39. The van der Waals surface area contributed by atoms with E-state index in [1.165, 1.54) is 12.0 Å². The van der Waals surface area contributed by atoms with Gasteiger partial charge in [0.05, 0.1) is 12.8 Å². The molecule has 1 heterocycles. The Hall–Kier alpha value is -2.24. The standard InChI is InChI=1S/C14H18N2O4/c1-8(2)13-14(18)16(7-11(17)19-3)12-9(15)5-4-6-10(12)20-13/h4-6,8,13H,7,15H2,1-3H3. The maximum absolute atomic E-state index is 12.5. The number of hydrogen-bond donors (Lipinski definition) is 1. The van der Waals surface area contributed by atoms with Gasteiger partial charge in [-0.3, -0.25) is 14.5 Å². The van der Waals surface area contributed by atoms with Crippen LogP contribution in [0.15, 0.2) is 18.2 Å². The van der Waals surface area contributed by atoms with Crippen LogP contribution in [0.25, 0.3) is 0 Å². The molecule has 0 aliphatic carbocycles. The number of esters is 1. The summed E-state index contributed by atoms with van der Waals surface area (Å²) in [4.78, 5) is 25.3. The van der Waals surface area contributed by atoms with Crippen molar-refractivity contribution in [2.75, 3.05) is 24.3 Å². The number of benzene rings is 1. The summed E-state index contributed by atoms with van der Waals surface area (Å²) in [6, 6.07) is 5.14. The van der Waals surface area contributed by atoms with Crippen LogP contribution in [-0.4, -0.2) is 31.6 Å². The Morgan fingerprint density at radius 1 is 1.50 bits per heavy atom. The Morgan fingerprint density at radius 3 is 2.80 bits per heavy atom. The number of ether oxygens (including phenoxy) is 2. The van der Waals surface area contributed by atoms with Crippen LogP contribution in [-0.2, 0) is 14.3 Å². The van der Waals surface area contributed by atoms with Crippen molar-refractivity contribution in [3.8, 4) is 5.75 Å². The van der Waals surface area contributed by atoms with Crippen LogP contribution in [0.4, 0.5) is 11.4 Å². The molecule has 2 rings (SSSR count). The first kappa shape index (κ1) is 14.2. The monoisotopic (exact) mass is 278 g/mol. The highest BCUT2D eigenvalue weighted by Crippen LogP contribution is 2.39. The summed E-state index contributed by atoms with van der Waals surface area (Å²) in [6.07, 6.45) is -0.631. The third-order valence-electron chi connectivity index (χ3n) is 3.18. The molecule has 1 aromatic carbocycles. The van der Waals surface area contributed by atoms with E-state index in [4.69, 9.17) is 10.5 Å². The minimum atomic E-state index is -0.631. The predicted octanol–water partition coefficient (Wildman–Crippen LogP) is 1.19. The fourth-order valence-corrected chi connectivity index (χ4v) is 2.15. The van der Waals surface area contributed by atoms with E-state index >= 15 is 0 Å². The molecule has 6 nitrogen and oxygen atoms in total. The van der Waals surface area contributed by atoms with Crippen LogP contribution in [0.1, 0.15) is 13.8 Å². The summed E-state index contributed by atoms with van der Waals surface area (Å²) < 4.78 is 10.3. The van der Waals surface area contributed by atoms with Crippen molar-refractivity contribution in [2.45, 2.75) is 20.0 Å². The smallest absolute Gasteiger partial charge is 0.325 e. The fraction of sp³-hybridized carbons (Fsp3) is 0.429. The Balaban J connectivity index is 2.46. The molecule has 1 aliphatic heterocycles. The van der Waals surface area contributed by atoms with Crippen molar-refractivity contribution >= 4 is 23.3 Å².